The molecule has 5 nitrogen and oxygen atoms in total. The van der Waals surface area contributed by atoms with Crippen molar-refractivity contribution in [2.75, 3.05) is 6.61 Å². The first-order valence-corrected chi connectivity index (χ1v) is 9.04. The highest BCUT2D eigenvalue weighted by Gasteiger charge is 2.40. The minimum absolute atomic E-state index is 0.155. The van der Waals surface area contributed by atoms with Gasteiger partial charge in [0.25, 0.3) is 0 Å². The fraction of sp³-hybridized carbons (Fsp3) is 0.786. The molecule has 1 aliphatic carbocycles. The molecule has 0 spiro atoms. The average molecular weight is 329 g/mol. The van der Waals surface area contributed by atoms with Gasteiger partial charge in [-0.2, -0.15) is 0 Å². The van der Waals surface area contributed by atoms with Crippen LogP contribution in [-0.4, -0.2) is 39.6 Å². The van der Waals surface area contributed by atoms with Gasteiger partial charge in [-0.3, -0.25) is 10.1 Å². The fourth-order valence-corrected chi connectivity index (χ4v) is 4.60. The van der Waals surface area contributed by atoms with E-state index >= 15 is 0 Å². The number of carbonyl (C=O) groups excluding carboxylic acids is 1. The van der Waals surface area contributed by atoms with E-state index in [9.17, 15) is 4.79 Å². The Hall–Kier alpha value is -0.660. The van der Waals surface area contributed by atoms with E-state index in [0.29, 0.717) is 19.1 Å². The molecular weight excluding hydrogens is 306 g/mol. The van der Waals surface area contributed by atoms with E-state index in [1.54, 1.807) is 23.1 Å². The van der Waals surface area contributed by atoms with Crippen LogP contribution in [0.25, 0.3) is 0 Å². The standard InChI is InChI=1S/C14H23N3O2S2/c1-5-19-12(18)14(4,15-11-6-7-11)8-9(2)20-13-17-16-10(3)21-13/h9,11,15H,5-8H2,1-4H3. The number of hydrogen-bond acceptors (Lipinski definition) is 7. The third-order valence-corrected chi connectivity index (χ3v) is 5.36. The molecule has 0 aromatic carbocycles. The van der Waals surface area contributed by atoms with Crippen LogP contribution in [0.4, 0.5) is 0 Å². The Morgan fingerprint density at radius 3 is 2.81 bits per heavy atom. The zero-order chi connectivity index (χ0) is 15.5. The number of carbonyl (C=O) groups is 1. The predicted molar refractivity (Wildman–Crippen MR) is 85.8 cm³/mol. The molecule has 0 aliphatic heterocycles. The largest absolute Gasteiger partial charge is 0.465 e. The maximum atomic E-state index is 12.3. The second-order valence-electron chi connectivity index (χ2n) is 5.69. The summed E-state index contributed by atoms with van der Waals surface area (Å²) in [7, 11) is 0. The van der Waals surface area contributed by atoms with Crippen LogP contribution in [0.2, 0.25) is 0 Å². The molecule has 2 atom stereocenters. The summed E-state index contributed by atoms with van der Waals surface area (Å²) in [5.41, 5.74) is -0.622. The van der Waals surface area contributed by atoms with Crippen molar-refractivity contribution >= 4 is 29.1 Å². The Kier molecular flexibility index (Phi) is 5.62. The summed E-state index contributed by atoms with van der Waals surface area (Å²) in [6, 6.07) is 0.459. The summed E-state index contributed by atoms with van der Waals surface area (Å²) in [6.45, 7) is 8.28. The van der Waals surface area contributed by atoms with Gasteiger partial charge in [-0.1, -0.05) is 30.0 Å². The number of aryl methyl sites for hydroxylation is 1. The smallest absolute Gasteiger partial charge is 0.326 e. The summed E-state index contributed by atoms with van der Waals surface area (Å²) in [4.78, 5) is 12.3. The molecule has 1 aromatic rings. The minimum atomic E-state index is -0.622. The maximum absolute atomic E-state index is 12.3. The van der Waals surface area contributed by atoms with Crippen LogP contribution in [0, 0.1) is 6.92 Å². The van der Waals surface area contributed by atoms with Gasteiger partial charge < -0.3 is 4.74 Å². The van der Waals surface area contributed by atoms with Crippen LogP contribution in [-0.2, 0) is 9.53 Å². The van der Waals surface area contributed by atoms with Crippen molar-refractivity contribution in [1.82, 2.24) is 15.5 Å². The van der Waals surface area contributed by atoms with Crippen LogP contribution in [0.5, 0.6) is 0 Å². The number of thioether (sulfide) groups is 1. The van der Waals surface area contributed by atoms with Gasteiger partial charge in [0, 0.05) is 11.3 Å². The summed E-state index contributed by atoms with van der Waals surface area (Å²) >= 11 is 3.26. The molecule has 0 saturated heterocycles. The van der Waals surface area contributed by atoms with Crippen molar-refractivity contribution < 1.29 is 9.53 Å². The summed E-state index contributed by atoms with van der Waals surface area (Å²) in [5, 5.41) is 12.8. The Morgan fingerprint density at radius 1 is 1.57 bits per heavy atom. The lowest BCUT2D eigenvalue weighted by Crippen LogP contribution is -2.52. The van der Waals surface area contributed by atoms with E-state index in [0.717, 1.165) is 22.2 Å². The molecule has 21 heavy (non-hydrogen) atoms. The van der Waals surface area contributed by atoms with Crippen molar-refractivity contribution in [2.24, 2.45) is 0 Å². The van der Waals surface area contributed by atoms with Crippen LogP contribution in [0.15, 0.2) is 4.34 Å². The third kappa shape index (κ3) is 4.93. The van der Waals surface area contributed by atoms with E-state index in [1.807, 2.05) is 20.8 Å². The average Bonchev–Trinajstić information content (AvgIpc) is 3.11. The lowest BCUT2D eigenvalue weighted by molar-refractivity contribution is -0.150. The first-order chi connectivity index (χ1) is 9.93. The van der Waals surface area contributed by atoms with Crippen LogP contribution >= 0.6 is 23.1 Å². The summed E-state index contributed by atoms with van der Waals surface area (Å²) < 4.78 is 6.21. The predicted octanol–water partition coefficient (Wildman–Crippen LogP) is 2.79. The van der Waals surface area contributed by atoms with E-state index in [1.165, 1.54) is 0 Å². The van der Waals surface area contributed by atoms with Gasteiger partial charge in [0.2, 0.25) is 0 Å². The summed E-state index contributed by atoms with van der Waals surface area (Å²) in [6.07, 6.45) is 3.00. The summed E-state index contributed by atoms with van der Waals surface area (Å²) in [5.74, 6) is -0.155. The quantitative estimate of drug-likeness (QED) is 0.584. The zero-order valence-corrected chi connectivity index (χ0v) is 14.6. The molecule has 7 heteroatoms. The third-order valence-electron chi connectivity index (χ3n) is 3.33. The van der Waals surface area contributed by atoms with Crippen LogP contribution < -0.4 is 5.32 Å². The maximum Gasteiger partial charge on any atom is 0.326 e. The van der Waals surface area contributed by atoms with Gasteiger partial charge >= 0.3 is 5.97 Å². The number of esters is 1. The minimum Gasteiger partial charge on any atom is -0.465 e. The van der Waals surface area contributed by atoms with Gasteiger partial charge in [0.1, 0.15) is 10.5 Å². The van der Waals surface area contributed by atoms with Crippen molar-refractivity contribution in [1.29, 1.82) is 0 Å². The highest BCUT2D eigenvalue weighted by molar-refractivity contribution is 8.01. The Balaban J connectivity index is 1.97. The highest BCUT2D eigenvalue weighted by Crippen LogP contribution is 2.33. The number of rotatable bonds is 8. The monoisotopic (exact) mass is 329 g/mol. The van der Waals surface area contributed by atoms with Crippen molar-refractivity contribution in [3.8, 4) is 0 Å². The number of nitrogens with zero attached hydrogens (tertiary/aromatic N) is 2. The molecule has 1 aromatic heterocycles. The van der Waals surface area contributed by atoms with Crippen LogP contribution in [0.3, 0.4) is 0 Å². The van der Waals surface area contributed by atoms with E-state index < -0.39 is 5.54 Å². The van der Waals surface area contributed by atoms with Gasteiger partial charge in [-0.15, -0.1) is 10.2 Å². The van der Waals surface area contributed by atoms with Crippen LogP contribution in [0.1, 0.15) is 45.0 Å². The first-order valence-electron chi connectivity index (χ1n) is 7.34. The lowest BCUT2D eigenvalue weighted by Gasteiger charge is -2.30. The van der Waals surface area contributed by atoms with Crippen molar-refractivity contribution in [2.45, 2.75) is 68.1 Å². The highest BCUT2D eigenvalue weighted by atomic mass is 32.2. The van der Waals surface area contributed by atoms with Gasteiger partial charge in [0.15, 0.2) is 4.34 Å². The molecule has 1 saturated carbocycles. The molecule has 1 heterocycles. The second kappa shape index (κ2) is 7.07. The first kappa shape index (κ1) is 16.7. The van der Waals surface area contributed by atoms with Gasteiger partial charge in [0.05, 0.1) is 6.61 Å². The fourth-order valence-electron chi connectivity index (χ4n) is 2.28. The SMILES string of the molecule is CCOC(=O)C(C)(CC(C)Sc1nnc(C)s1)NC1CC1. The molecule has 118 valence electrons. The normalized spacial score (nSPS) is 19.0. The Bertz CT molecular complexity index is 490. The molecule has 1 aliphatic rings. The molecule has 2 unspecified atom stereocenters. The molecular formula is C14H23N3O2S2. The lowest BCUT2D eigenvalue weighted by atomic mass is 9.95. The molecule has 0 amide bonds. The molecule has 0 bridgehead atoms. The van der Waals surface area contributed by atoms with E-state index in [-0.39, 0.29) is 11.2 Å². The molecule has 2 rings (SSSR count). The Morgan fingerprint density at radius 2 is 2.29 bits per heavy atom. The topological polar surface area (TPSA) is 64.1 Å². The number of ether oxygens (including phenoxy) is 1. The second-order valence-corrected chi connectivity index (χ2v) is 8.56. The molecule has 1 fully saturated rings. The zero-order valence-electron chi connectivity index (χ0n) is 13.0. The number of nitrogens with one attached hydrogen (secondary N) is 1. The van der Waals surface area contributed by atoms with E-state index in [4.69, 9.17) is 4.74 Å². The molecule has 1 N–H and O–H groups in total. The van der Waals surface area contributed by atoms with Gasteiger partial charge in [-0.05, 0) is 40.0 Å². The van der Waals surface area contributed by atoms with Crippen molar-refractivity contribution in [3.05, 3.63) is 5.01 Å². The number of aromatic nitrogens is 2. The number of hydrogen-bond donors (Lipinski definition) is 1. The Labute approximate surface area is 134 Å². The molecule has 0 radical (unpaired) electrons. The van der Waals surface area contributed by atoms with Gasteiger partial charge in [-0.25, -0.2) is 0 Å². The van der Waals surface area contributed by atoms with E-state index in [2.05, 4.69) is 22.4 Å². The van der Waals surface area contributed by atoms with Crippen molar-refractivity contribution in [3.63, 3.8) is 0 Å².